The molecule has 2 aromatic rings. The van der Waals surface area contributed by atoms with E-state index in [2.05, 4.69) is 20.9 Å². The Balaban J connectivity index is 1.90. The van der Waals surface area contributed by atoms with Crippen LogP contribution in [0.2, 0.25) is 0 Å². The Labute approximate surface area is 180 Å². The van der Waals surface area contributed by atoms with Gasteiger partial charge < -0.3 is 19.8 Å². The van der Waals surface area contributed by atoms with Gasteiger partial charge in [-0.05, 0) is 31.0 Å². The molecule has 29 heavy (non-hydrogen) atoms. The third-order valence-electron chi connectivity index (χ3n) is 5.11. The molecular formula is C20H21BrFN3O3S. The summed E-state index contributed by atoms with van der Waals surface area (Å²) in [5.74, 6) is 0.358. The maximum absolute atomic E-state index is 13.7. The number of aliphatic hydroxyl groups is 2. The average Bonchev–Trinajstić information content (AvgIpc) is 3.37. The fourth-order valence-electron chi connectivity index (χ4n) is 3.84. The van der Waals surface area contributed by atoms with Crippen molar-refractivity contribution in [3.8, 4) is 0 Å². The van der Waals surface area contributed by atoms with Crippen LogP contribution in [0, 0.1) is 11.7 Å². The minimum absolute atomic E-state index is 0.0226. The van der Waals surface area contributed by atoms with Gasteiger partial charge in [-0.1, -0.05) is 22.0 Å². The first kappa shape index (κ1) is 20.6. The number of aliphatic imine (C=N–C) groups is 1. The van der Waals surface area contributed by atoms with Crippen molar-refractivity contribution in [2.24, 2.45) is 10.9 Å². The number of aromatic nitrogens is 1. The number of benzene rings is 1. The summed E-state index contributed by atoms with van der Waals surface area (Å²) in [7, 11) is 0. The summed E-state index contributed by atoms with van der Waals surface area (Å²) >= 11 is 4.92. The average molecular weight is 482 g/mol. The molecule has 6 nitrogen and oxygen atoms in total. The molecule has 1 fully saturated rings. The van der Waals surface area contributed by atoms with E-state index in [-0.39, 0.29) is 18.3 Å². The van der Waals surface area contributed by atoms with Crippen molar-refractivity contribution in [3.05, 3.63) is 61.9 Å². The largest absolute Gasteiger partial charge is 0.396 e. The summed E-state index contributed by atoms with van der Waals surface area (Å²) in [5, 5.41) is 23.2. The zero-order valence-electron chi connectivity index (χ0n) is 15.8. The first-order valence-electron chi connectivity index (χ1n) is 9.37. The van der Waals surface area contributed by atoms with Gasteiger partial charge in [-0.3, -0.25) is 4.99 Å². The highest BCUT2D eigenvalue weighted by atomic mass is 79.9. The Bertz CT molecular complexity index is 950. The number of hydrogen-bond acceptors (Lipinski definition) is 7. The topological polar surface area (TPSA) is 78.2 Å². The minimum atomic E-state index is -1.15. The van der Waals surface area contributed by atoms with Crippen LogP contribution in [0.25, 0.3) is 0 Å². The predicted molar refractivity (Wildman–Crippen MR) is 112 cm³/mol. The molecule has 2 aliphatic rings. The number of fused-ring (bicyclic) bond motifs is 1. The highest BCUT2D eigenvalue weighted by Crippen LogP contribution is 2.44. The third-order valence-corrected chi connectivity index (χ3v) is 6.57. The van der Waals surface area contributed by atoms with Crippen molar-refractivity contribution in [1.82, 2.24) is 9.88 Å². The molecule has 1 aromatic heterocycles. The number of halogens is 2. The van der Waals surface area contributed by atoms with Crippen LogP contribution >= 0.6 is 27.3 Å². The van der Waals surface area contributed by atoms with E-state index in [1.807, 2.05) is 17.2 Å². The Morgan fingerprint density at radius 1 is 1.45 bits per heavy atom. The van der Waals surface area contributed by atoms with Crippen LogP contribution in [-0.2, 0) is 4.74 Å². The van der Waals surface area contributed by atoms with Crippen molar-refractivity contribution >= 4 is 33.1 Å². The molecule has 0 aliphatic carbocycles. The highest BCUT2D eigenvalue weighted by Gasteiger charge is 2.41. The standard InChI is InChI=1S/C20H21BrFN3O3S/c1-2-28-20(27)16-15-7-11(10-26)9-25(15)18(19-23-5-6-29-19)24-17(16)13-4-3-12(22)8-14(13)21/h3-6,8,11,17,20,26-27H,2,7,9-10H2,1H3/t11-,17?,20?/m1/s1. The van der Waals surface area contributed by atoms with Gasteiger partial charge in [0.25, 0.3) is 0 Å². The monoisotopic (exact) mass is 481 g/mol. The molecule has 2 aliphatic heterocycles. The van der Waals surface area contributed by atoms with Crippen molar-refractivity contribution in [2.45, 2.75) is 25.7 Å². The summed E-state index contributed by atoms with van der Waals surface area (Å²) < 4.78 is 19.8. The van der Waals surface area contributed by atoms with Crippen LogP contribution < -0.4 is 0 Å². The summed E-state index contributed by atoms with van der Waals surface area (Å²) in [4.78, 5) is 11.4. The van der Waals surface area contributed by atoms with Crippen LogP contribution in [0.4, 0.5) is 4.39 Å². The van der Waals surface area contributed by atoms with Crippen LogP contribution in [-0.4, -0.2) is 52.0 Å². The lowest BCUT2D eigenvalue weighted by molar-refractivity contribution is -0.0719. The highest BCUT2D eigenvalue weighted by molar-refractivity contribution is 9.10. The van der Waals surface area contributed by atoms with E-state index in [1.54, 1.807) is 12.3 Å². The van der Waals surface area contributed by atoms with E-state index in [0.717, 1.165) is 16.3 Å². The minimum Gasteiger partial charge on any atom is -0.396 e. The summed E-state index contributed by atoms with van der Waals surface area (Å²) in [6.45, 7) is 2.77. The van der Waals surface area contributed by atoms with Crippen LogP contribution in [0.1, 0.15) is 30.0 Å². The number of thiazole rings is 1. The van der Waals surface area contributed by atoms with E-state index in [4.69, 9.17) is 9.73 Å². The van der Waals surface area contributed by atoms with E-state index < -0.39 is 12.3 Å². The van der Waals surface area contributed by atoms with E-state index in [1.165, 1.54) is 23.5 Å². The predicted octanol–water partition coefficient (Wildman–Crippen LogP) is 3.47. The fourth-order valence-corrected chi connectivity index (χ4v) is 5.04. The zero-order valence-corrected chi connectivity index (χ0v) is 18.2. The Kier molecular flexibility index (Phi) is 6.12. The molecule has 3 heterocycles. The lowest BCUT2D eigenvalue weighted by atomic mass is 9.93. The lowest BCUT2D eigenvalue weighted by Gasteiger charge is -2.34. The molecule has 0 amide bonds. The second kappa shape index (κ2) is 8.61. The van der Waals surface area contributed by atoms with Crippen molar-refractivity contribution in [3.63, 3.8) is 0 Å². The molecule has 1 saturated heterocycles. The van der Waals surface area contributed by atoms with Crippen LogP contribution in [0.15, 0.2) is 50.5 Å². The molecular weight excluding hydrogens is 461 g/mol. The van der Waals surface area contributed by atoms with Gasteiger partial charge in [0.15, 0.2) is 17.1 Å². The number of ether oxygens (including phenoxy) is 1. The molecule has 2 unspecified atom stereocenters. The van der Waals surface area contributed by atoms with E-state index in [0.29, 0.717) is 35.5 Å². The van der Waals surface area contributed by atoms with Crippen molar-refractivity contribution < 1.29 is 19.3 Å². The molecule has 3 atom stereocenters. The molecule has 154 valence electrons. The van der Waals surface area contributed by atoms with Gasteiger partial charge in [0.2, 0.25) is 0 Å². The van der Waals surface area contributed by atoms with Gasteiger partial charge in [-0.15, -0.1) is 11.3 Å². The normalized spacial score (nSPS) is 22.7. The lowest BCUT2D eigenvalue weighted by Crippen LogP contribution is -2.36. The number of rotatable bonds is 6. The van der Waals surface area contributed by atoms with Gasteiger partial charge in [0, 0.05) is 53.0 Å². The van der Waals surface area contributed by atoms with Crippen molar-refractivity contribution in [2.75, 3.05) is 19.8 Å². The Morgan fingerprint density at radius 3 is 2.93 bits per heavy atom. The molecule has 0 bridgehead atoms. The van der Waals surface area contributed by atoms with Crippen molar-refractivity contribution in [1.29, 1.82) is 0 Å². The molecule has 0 spiro atoms. The maximum atomic E-state index is 13.7. The number of amidine groups is 1. The second-order valence-electron chi connectivity index (χ2n) is 6.93. The number of allylic oxidation sites excluding steroid dienone is 1. The van der Waals surface area contributed by atoms with Gasteiger partial charge in [-0.2, -0.15) is 0 Å². The summed E-state index contributed by atoms with van der Waals surface area (Å²) in [6, 6.07) is 3.88. The quantitative estimate of drug-likeness (QED) is 0.617. The number of hydrogen-bond donors (Lipinski definition) is 2. The number of aliphatic hydroxyl groups excluding tert-OH is 2. The van der Waals surface area contributed by atoms with Crippen LogP contribution in [0.5, 0.6) is 0 Å². The SMILES string of the molecule is CCOC(O)C1=C2C[C@@H](CO)CN2C(c2nccs2)=NC1c1ccc(F)cc1Br. The summed E-state index contributed by atoms with van der Waals surface area (Å²) in [5.41, 5.74) is 2.23. The molecule has 0 radical (unpaired) electrons. The molecule has 1 aromatic carbocycles. The smallest absolute Gasteiger partial charge is 0.181 e. The first-order valence-corrected chi connectivity index (χ1v) is 11.0. The van der Waals surface area contributed by atoms with E-state index >= 15 is 0 Å². The molecule has 2 N–H and O–H groups in total. The third kappa shape index (κ3) is 3.89. The first-order chi connectivity index (χ1) is 14.0. The molecule has 9 heteroatoms. The van der Waals surface area contributed by atoms with Gasteiger partial charge >= 0.3 is 0 Å². The van der Waals surface area contributed by atoms with Gasteiger partial charge in [-0.25, -0.2) is 9.37 Å². The number of nitrogens with zero attached hydrogens (tertiary/aromatic N) is 3. The van der Waals surface area contributed by atoms with E-state index in [9.17, 15) is 14.6 Å². The second-order valence-corrected chi connectivity index (χ2v) is 8.68. The molecule has 0 saturated carbocycles. The Morgan fingerprint density at radius 2 is 2.28 bits per heavy atom. The Hall–Kier alpha value is -1.65. The summed E-state index contributed by atoms with van der Waals surface area (Å²) in [6.07, 6.45) is 1.16. The fraction of sp³-hybridized carbons (Fsp3) is 0.400. The maximum Gasteiger partial charge on any atom is 0.181 e. The van der Waals surface area contributed by atoms with Gasteiger partial charge in [0.05, 0.1) is 0 Å². The van der Waals surface area contributed by atoms with Gasteiger partial charge in [0.1, 0.15) is 11.9 Å². The van der Waals surface area contributed by atoms with Crippen LogP contribution in [0.3, 0.4) is 0 Å². The zero-order chi connectivity index (χ0) is 20.5. The molecule has 4 rings (SSSR count).